The molecule has 14 heteroatoms. The van der Waals surface area contributed by atoms with Gasteiger partial charge in [-0.2, -0.15) is 0 Å². The van der Waals surface area contributed by atoms with E-state index in [9.17, 15) is 13.5 Å². The fourth-order valence-corrected chi connectivity index (χ4v) is 5.70. The highest BCUT2D eigenvalue weighted by Gasteiger charge is 2.29. The number of benzene rings is 1. The molecule has 0 radical (unpaired) electrons. The summed E-state index contributed by atoms with van der Waals surface area (Å²) in [6.07, 6.45) is 1.52. The molecule has 0 bridgehead atoms. The van der Waals surface area contributed by atoms with Gasteiger partial charge in [0.15, 0.2) is 5.84 Å². The molecule has 3 unspecified atom stereocenters. The smallest absolute Gasteiger partial charge is 0.155 e. The number of aliphatic hydroxyl groups is 1. The number of rotatable bonds is 11. The number of piperidine rings is 1. The predicted molar refractivity (Wildman–Crippen MR) is 123 cm³/mol. The molecule has 2 rings (SSSR count). The summed E-state index contributed by atoms with van der Waals surface area (Å²) in [5.74, 6) is 5.37. The van der Waals surface area contributed by atoms with Crippen LogP contribution in [0, 0.1) is 5.92 Å². The molecular formula is C17H33N9O3S2. The normalized spacial score (nSPS) is 18.6. The number of nitrogens with zero attached hydrogens (tertiary/aromatic N) is 2. The summed E-state index contributed by atoms with van der Waals surface area (Å²) in [7, 11) is -3.69. The Morgan fingerprint density at radius 3 is 2.52 bits per heavy atom. The van der Waals surface area contributed by atoms with Gasteiger partial charge in [0, 0.05) is 31.9 Å². The van der Waals surface area contributed by atoms with E-state index in [1.165, 1.54) is 0 Å². The van der Waals surface area contributed by atoms with E-state index < -0.39 is 28.1 Å². The van der Waals surface area contributed by atoms with Crippen LogP contribution >= 0.6 is 0 Å². The molecule has 1 saturated heterocycles. The van der Waals surface area contributed by atoms with Gasteiger partial charge < -0.3 is 27.2 Å². The van der Waals surface area contributed by atoms with Crippen molar-refractivity contribution in [3.63, 3.8) is 0 Å². The fraction of sp³-hybridized carbons (Fsp3) is 0.588. The molecule has 1 heterocycles. The van der Waals surface area contributed by atoms with E-state index in [-0.39, 0.29) is 28.1 Å². The lowest BCUT2D eigenvalue weighted by Crippen LogP contribution is -2.41. The zero-order valence-electron chi connectivity index (χ0n) is 17.3. The molecule has 13 N–H and O–H groups in total. The maximum atomic E-state index is 12.8. The van der Waals surface area contributed by atoms with E-state index in [0.29, 0.717) is 43.9 Å². The summed E-state index contributed by atoms with van der Waals surface area (Å²) in [5, 5.41) is 19.7. The average Bonchev–Trinajstić information content (AvgIpc) is 2.77. The van der Waals surface area contributed by atoms with Gasteiger partial charge in [0.05, 0.1) is 21.5 Å². The average molecular weight is 476 g/mol. The Morgan fingerprint density at radius 1 is 1.29 bits per heavy atom. The molecule has 31 heavy (non-hydrogen) atoms. The number of hydrogen-bond acceptors (Lipinski definition) is 9. The first-order valence-corrected chi connectivity index (χ1v) is 12.3. The van der Waals surface area contributed by atoms with Crippen molar-refractivity contribution in [3.8, 4) is 0 Å². The van der Waals surface area contributed by atoms with Crippen LogP contribution in [0.5, 0.6) is 0 Å². The number of anilines is 1. The number of amidine groups is 1. The third kappa shape index (κ3) is 6.43. The second-order valence-corrected chi connectivity index (χ2v) is 9.41. The minimum atomic E-state index is -2.00. The summed E-state index contributed by atoms with van der Waals surface area (Å²) in [4.78, 5) is 2.41. The van der Waals surface area contributed by atoms with Crippen LogP contribution in [0.2, 0.25) is 0 Å². The molecule has 176 valence electrons. The van der Waals surface area contributed by atoms with Crippen molar-refractivity contribution in [2.75, 3.05) is 37.6 Å². The SMILES string of the molecule is NCCCNS(=O)c1ccc(N2CCC(C(O)CN)CC2)c(/C(N)=N/NN)c1S(N)=O. The highest BCUT2D eigenvalue weighted by molar-refractivity contribution is 7.86. The summed E-state index contributed by atoms with van der Waals surface area (Å²) in [6.45, 7) is 2.31. The van der Waals surface area contributed by atoms with Crippen LogP contribution in [0.15, 0.2) is 27.0 Å². The lowest BCUT2D eigenvalue weighted by atomic mass is 9.90. The van der Waals surface area contributed by atoms with Crippen molar-refractivity contribution >= 4 is 33.5 Å². The molecule has 0 amide bonds. The molecule has 1 aliphatic heterocycles. The van der Waals surface area contributed by atoms with Crippen LogP contribution in [0.25, 0.3) is 0 Å². The van der Waals surface area contributed by atoms with Crippen molar-refractivity contribution in [2.24, 2.45) is 39.2 Å². The molecule has 1 fully saturated rings. The van der Waals surface area contributed by atoms with E-state index in [1.54, 1.807) is 12.1 Å². The molecule has 0 saturated carbocycles. The lowest BCUT2D eigenvalue weighted by Gasteiger charge is -2.36. The summed E-state index contributed by atoms with van der Waals surface area (Å²) >= 11 is 0. The third-order valence-electron chi connectivity index (χ3n) is 5.22. The van der Waals surface area contributed by atoms with Crippen LogP contribution < -0.4 is 43.3 Å². The summed E-state index contributed by atoms with van der Waals surface area (Å²) in [6, 6.07) is 3.37. The Hall–Kier alpha value is -1.65. The number of nitrogens with two attached hydrogens (primary N) is 5. The number of aliphatic hydroxyl groups excluding tert-OH is 1. The number of nitrogens with one attached hydrogen (secondary N) is 2. The largest absolute Gasteiger partial charge is 0.392 e. The first-order chi connectivity index (χ1) is 14.8. The van der Waals surface area contributed by atoms with Crippen molar-refractivity contribution in [1.29, 1.82) is 0 Å². The van der Waals surface area contributed by atoms with Gasteiger partial charge in [-0.25, -0.2) is 29.7 Å². The van der Waals surface area contributed by atoms with E-state index in [0.717, 1.165) is 12.8 Å². The Labute approximate surface area is 187 Å². The lowest BCUT2D eigenvalue weighted by molar-refractivity contribution is 0.100. The number of hydrazine groups is 1. The minimum Gasteiger partial charge on any atom is -0.392 e. The Balaban J connectivity index is 2.47. The second-order valence-electron chi connectivity index (χ2n) is 7.14. The van der Waals surface area contributed by atoms with E-state index in [4.69, 9.17) is 28.2 Å². The predicted octanol–water partition coefficient (Wildman–Crippen LogP) is -2.75. The quantitative estimate of drug-likeness (QED) is 0.0545. The number of hydrogen-bond donors (Lipinski definition) is 8. The van der Waals surface area contributed by atoms with E-state index in [1.807, 2.05) is 4.90 Å². The summed E-state index contributed by atoms with van der Waals surface area (Å²) in [5.41, 5.74) is 20.3. The van der Waals surface area contributed by atoms with Crippen molar-refractivity contribution in [3.05, 3.63) is 17.7 Å². The Bertz CT molecular complexity index is 816. The van der Waals surface area contributed by atoms with Crippen LogP contribution in [-0.2, 0) is 22.0 Å². The molecule has 1 aliphatic rings. The van der Waals surface area contributed by atoms with Crippen LogP contribution in [0.3, 0.4) is 0 Å². The third-order valence-corrected chi connectivity index (χ3v) is 7.38. The van der Waals surface area contributed by atoms with Crippen LogP contribution in [-0.4, -0.2) is 58.2 Å². The van der Waals surface area contributed by atoms with Crippen LogP contribution in [0.4, 0.5) is 5.69 Å². The van der Waals surface area contributed by atoms with Gasteiger partial charge in [-0.15, -0.1) is 5.10 Å². The molecule has 1 aromatic rings. The molecule has 12 nitrogen and oxygen atoms in total. The van der Waals surface area contributed by atoms with Gasteiger partial charge in [0.1, 0.15) is 22.0 Å². The fourth-order valence-electron chi connectivity index (χ4n) is 3.60. The second kappa shape index (κ2) is 12.4. The van der Waals surface area contributed by atoms with Crippen LogP contribution in [0.1, 0.15) is 24.8 Å². The van der Waals surface area contributed by atoms with Crippen molar-refractivity contribution < 1.29 is 13.5 Å². The van der Waals surface area contributed by atoms with Crippen molar-refractivity contribution in [1.82, 2.24) is 10.3 Å². The summed E-state index contributed by atoms with van der Waals surface area (Å²) < 4.78 is 28.2. The highest BCUT2D eigenvalue weighted by atomic mass is 32.2. The maximum Gasteiger partial charge on any atom is 0.155 e. The number of hydrazone groups is 1. The molecule has 0 aliphatic carbocycles. The molecule has 3 atom stereocenters. The van der Waals surface area contributed by atoms with E-state index in [2.05, 4.69) is 15.4 Å². The zero-order chi connectivity index (χ0) is 23.0. The van der Waals surface area contributed by atoms with Gasteiger partial charge in [-0.05, 0) is 43.9 Å². The van der Waals surface area contributed by atoms with Crippen molar-refractivity contribution in [2.45, 2.75) is 35.2 Å². The monoisotopic (exact) mass is 475 g/mol. The standard InChI is InChI=1S/C17H33N9O3S2/c18-6-1-7-23-31(29)14-3-2-12(15(16(14)30(22)28)17(20)24-25-21)26-8-4-11(5-9-26)13(27)10-19/h2-3,11,13,23,25,27H,1,4-10,18-19,21-22H2,(H2,20,24). The Morgan fingerprint density at radius 2 is 1.97 bits per heavy atom. The van der Waals surface area contributed by atoms with Gasteiger partial charge in [0.25, 0.3) is 0 Å². The first kappa shape index (κ1) is 25.6. The molecular weight excluding hydrogens is 442 g/mol. The Kier molecular flexibility index (Phi) is 10.2. The molecule has 1 aromatic carbocycles. The minimum absolute atomic E-state index is 0.0313. The topological polar surface area (TPSA) is 224 Å². The first-order valence-electron chi connectivity index (χ1n) is 9.96. The van der Waals surface area contributed by atoms with Gasteiger partial charge in [-0.3, -0.25) is 0 Å². The zero-order valence-corrected chi connectivity index (χ0v) is 19.0. The van der Waals surface area contributed by atoms with Gasteiger partial charge in [-0.1, -0.05) is 0 Å². The van der Waals surface area contributed by atoms with E-state index >= 15 is 0 Å². The molecule has 0 spiro atoms. The van der Waals surface area contributed by atoms with Gasteiger partial charge >= 0.3 is 0 Å². The highest BCUT2D eigenvalue weighted by Crippen LogP contribution is 2.33. The molecule has 0 aromatic heterocycles. The maximum absolute atomic E-state index is 12.8. The van der Waals surface area contributed by atoms with Gasteiger partial charge in [0.2, 0.25) is 0 Å².